The summed E-state index contributed by atoms with van der Waals surface area (Å²) in [4.78, 5) is 0. The highest BCUT2D eigenvalue weighted by Crippen LogP contribution is 2.25. The Kier molecular flexibility index (Phi) is 4.19. The molecule has 1 heterocycles. The molecule has 0 aromatic carbocycles. The van der Waals surface area contributed by atoms with Gasteiger partial charge in [0.15, 0.2) is 0 Å². The van der Waals surface area contributed by atoms with Crippen molar-refractivity contribution >= 4 is 0 Å². The lowest BCUT2D eigenvalue weighted by Gasteiger charge is -2.26. The Hall–Kier alpha value is -0.980. The number of rotatable bonds is 6. The first kappa shape index (κ1) is 12.1. The van der Waals surface area contributed by atoms with Crippen LogP contribution in [0.15, 0.2) is 6.20 Å². The summed E-state index contributed by atoms with van der Waals surface area (Å²) in [6.45, 7) is 0.755. The van der Waals surface area contributed by atoms with E-state index in [1.165, 1.54) is 0 Å². The van der Waals surface area contributed by atoms with Gasteiger partial charge >= 0.3 is 0 Å². The molecule has 1 aromatic rings. The summed E-state index contributed by atoms with van der Waals surface area (Å²) >= 11 is 0. The van der Waals surface area contributed by atoms with E-state index in [0.29, 0.717) is 18.7 Å². The first-order valence-corrected chi connectivity index (χ1v) is 4.90. The van der Waals surface area contributed by atoms with Crippen molar-refractivity contribution in [3.63, 3.8) is 0 Å². The number of nitrogens with two attached hydrogens (primary N) is 1. The van der Waals surface area contributed by atoms with Crippen molar-refractivity contribution in [2.75, 3.05) is 20.3 Å². The standard InChI is InChI=1S/C9H18N4O2/c1-13-8(6-11-12-13)9(14,7-15-2)4-3-5-10/h6,14H,3-5,7,10H2,1-2H3. The molecule has 1 atom stereocenters. The number of aryl methyl sites for hydroxylation is 1. The lowest BCUT2D eigenvalue weighted by Crippen LogP contribution is -2.34. The van der Waals surface area contributed by atoms with E-state index in [0.717, 1.165) is 6.42 Å². The van der Waals surface area contributed by atoms with E-state index in [1.54, 1.807) is 25.0 Å². The molecule has 3 N–H and O–H groups in total. The van der Waals surface area contributed by atoms with Gasteiger partial charge in [-0.1, -0.05) is 5.21 Å². The molecule has 0 bridgehead atoms. The fourth-order valence-corrected chi connectivity index (χ4v) is 1.62. The Bertz CT molecular complexity index is 302. The number of aliphatic hydroxyl groups is 1. The summed E-state index contributed by atoms with van der Waals surface area (Å²) in [6, 6.07) is 0. The number of nitrogens with zero attached hydrogens (tertiary/aromatic N) is 3. The molecule has 0 aliphatic carbocycles. The fraction of sp³-hybridized carbons (Fsp3) is 0.778. The topological polar surface area (TPSA) is 86.2 Å². The Balaban J connectivity index is 2.85. The Morgan fingerprint density at radius 3 is 2.87 bits per heavy atom. The van der Waals surface area contributed by atoms with Crippen LogP contribution in [-0.4, -0.2) is 40.4 Å². The summed E-state index contributed by atoms with van der Waals surface area (Å²) in [6.07, 6.45) is 2.82. The molecule has 86 valence electrons. The van der Waals surface area contributed by atoms with Gasteiger partial charge in [0, 0.05) is 14.2 Å². The second-order valence-electron chi connectivity index (χ2n) is 3.60. The molecule has 1 aromatic heterocycles. The molecule has 0 fully saturated rings. The van der Waals surface area contributed by atoms with Gasteiger partial charge in [-0.2, -0.15) is 0 Å². The third-order valence-corrected chi connectivity index (χ3v) is 2.37. The number of hydrogen-bond donors (Lipinski definition) is 2. The summed E-state index contributed by atoms with van der Waals surface area (Å²) in [5, 5.41) is 17.9. The molecule has 6 nitrogen and oxygen atoms in total. The Morgan fingerprint density at radius 2 is 2.40 bits per heavy atom. The summed E-state index contributed by atoms with van der Waals surface area (Å²) < 4.78 is 6.57. The van der Waals surface area contributed by atoms with Crippen molar-refractivity contribution in [1.82, 2.24) is 15.0 Å². The quantitative estimate of drug-likeness (QED) is 0.659. The van der Waals surface area contributed by atoms with Gasteiger partial charge in [0.2, 0.25) is 0 Å². The zero-order valence-corrected chi connectivity index (χ0v) is 9.18. The van der Waals surface area contributed by atoms with Crippen LogP contribution in [0.4, 0.5) is 0 Å². The van der Waals surface area contributed by atoms with Gasteiger partial charge in [0.25, 0.3) is 0 Å². The predicted octanol–water partition coefficient (Wildman–Crippen LogP) is -0.612. The first-order valence-electron chi connectivity index (χ1n) is 4.90. The molecule has 0 amide bonds. The van der Waals surface area contributed by atoms with Crippen molar-refractivity contribution in [3.8, 4) is 0 Å². The number of ether oxygens (including phenoxy) is 1. The third kappa shape index (κ3) is 2.74. The molecule has 0 spiro atoms. The van der Waals surface area contributed by atoms with E-state index < -0.39 is 5.60 Å². The van der Waals surface area contributed by atoms with Crippen molar-refractivity contribution < 1.29 is 9.84 Å². The van der Waals surface area contributed by atoms with Crippen molar-refractivity contribution in [2.24, 2.45) is 12.8 Å². The molecule has 6 heteroatoms. The van der Waals surface area contributed by atoms with Crippen LogP contribution in [0.5, 0.6) is 0 Å². The largest absolute Gasteiger partial charge is 0.381 e. The van der Waals surface area contributed by atoms with Gasteiger partial charge < -0.3 is 15.6 Å². The SMILES string of the molecule is COCC(O)(CCCN)c1cnnn1C. The highest BCUT2D eigenvalue weighted by atomic mass is 16.5. The highest BCUT2D eigenvalue weighted by molar-refractivity contribution is 5.07. The van der Waals surface area contributed by atoms with E-state index in [4.69, 9.17) is 10.5 Å². The van der Waals surface area contributed by atoms with Crippen LogP contribution >= 0.6 is 0 Å². The monoisotopic (exact) mass is 214 g/mol. The third-order valence-electron chi connectivity index (χ3n) is 2.37. The first-order chi connectivity index (χ1) is 7.14. The lowest BCUT2D eigenvalue weighted by molar-refractivity contribution is -0.0485. The van der Waals surface area contributed by atoms with Gasteiger partial charge in [0.05, 0.1) is 18.5 Å². The van der Waals surface area contributed by atoms with Crippen LogP contribution in [0.25, 0.3) is 0 Å². The van der Waals surface area contributed by atoms with E-state index in [2.05, 4.69) is 10.3 Å². The number of hydrogen-bond acceptors (Lipinski definition) is 5. The predicted molar refractivity (Wildman–Crippen MR) is 55.1 cm³/mol. The van der Waals surface area contributed by atoms with Crippen LogP contribution in [0.2, 0.25) is 0 Å². The maximum absolute atomic E-state index is 10.4. The van der Waals surface area contributed by atoms with Crippen LogP contribution in [0, 0.1) is 0 Å². The minimum absolute atomic E-state index is 0.216. The van der Waals surface area contributed by atoms with Crippen LogP contribution < -0.4 is 5.73 Å². The smallest absolute Gasteiger partial charge is 0.131 e. The molecule has 0 saturated carbocycles. The van der Waals surface area contributed by atoms with E-state index in [9.17, 15) is 5.11 Å². The van der Waals surface area contributed by atoms with Gasteiger partial charge in [-0.3, -0.25) is 0 Å². The lowest BCUT2D eigenvalue weighted by atomic mass is 9.95. The maximum Gasteiger partial charge on any atom is 0.131 e. The molecule has 15 heavy (non-hydrogen) atoms. The average Bonchev–Trinajstić information content (AvgIpc) is 2.62. The molecule has 1 unspecified atom stereocenters. The van der Waals surface area contributed by atoms with E-state index >= 15 is 0 Å². The number of methoxy groups -OCH3 is 1. The van der Waals surface area contributed by atoms with Gasteiger partial charge in [-0.05, 0) is 19.4 Å². The maximum atomic E-state index is 10.4. The Labute approximate surface area is 89.0 Å². The number of aromatic nitrogens is 3. The zero-order valence-electron chi connectivity index (χ0n) is 9.18. The summed E-state index contributed by atoms with van der Waals surface area (Å²) in [7, 11) is 3.29. The molecular weight excluding hydrogens is 196 g/mol. The zero-order chi connectivity index (χ0) is 11.3. The Morgan fingerprint density at radius 1 is 1.67 bits per heavy atom. The van der Waals surface area contributed by atoms with Gasteiger partial charge in [0.1, 0.15) is 5.60 Å². The molecule has 0 saturated heterocycles. The van der Waals surface area contributed by atoms with Gasteiger partial charge in [-0.15, -0.1) is 5.10 Å². The molecule has 1 rings (SSSR count). The summed E-state index contributed by atoms with van der Waals surface area (Å²) in [5.41, 5.74) is 5.03. The van der Waals surface area contributed by atoms with Crippen molar-refractivity contribution in [1.29, 1.82) is 0 Å². The average molecular weight is 214 g/mol. The normalized spacial score (nSPS) is 15.2. The molecule has 0 radical (unpaired) electrons. The fourth-order valence-electron chi connectivity index (χ4n) is 1.62. The van der Waals surface area contributed by atoms with E-state index in [1.807, 2.05) is 0 Å². The van der Waals surface area contributed by atoms with E-state index in [-0.39, 0.29) is 6.61 Å². The second kappa shape index (κ2) is 5.20. The van der Waals surface area contributed by atoms with Gasteiger partial charge in [-0.25, -0.2) is 4.68 Å². The second-order valence-corrected chi connectivity index (χ2v) is 3.60. The van der Waals surface area contributed by atoms with Crippen LogP contribution in [-0.2, 0) is 17.4 Å². The van der Waals surface area contributed by atoms with Crippen molar-refractivity contribution in [3.05, 3.63) is 11.9 Å². The highest BCUT2D eigenvalue weighted by Gasteiger charge is 2.32. The van der Waals surface area contributed by atoms with Crippen LogP contribution in [0.3, 0.4) is 0 Å². The molecular formula is C9H18N4O2. The molecule has 0 aliphatic rings. The van der Waals surface area contributed by atoms with Crippen LogP contribution in [0.1, 0.15) is 18.5 Å². The minimum atomic E-state index is -1.05. The summed E-state index contributed by atoms with van der Waals surface area (Å²) in [5.74, 6) is 0. The minimum Gasteiger partial charge on any atom is -0.381 e. The van der Waals surface area contributed by atoms with Crippen molar-refractivity contribution in [2.45, 2.75) is 18.4 Å². The molecule has 0 aliphatic heterocycles.